The van der Waals surface area contributed by atoms with Crippen LogP contribution in [0.2, 0.25) is 0 Å². The molecule has 5 nitrogen and oxygen atoms in total. The van der Waals surface area contributed by atoms with E-state index < -0.39 is 0 Å². The fourth-order valence-corrected chi connectivity index (χ4v) is 2.92. The number of benzene rings is 1. The van der Waals surface area contributed by atoms with Crippen molar-refractivity contribution in [3.05, 3.63) is 54.1 Å². The molecule has 25 heavy (non-hydrogen) atoms. The van der Waals surface area contributed by atoms with Crippen molar-refractivity contribution >= 4 is 11.9 Å². The predicted octanol–water partition coefficient (Wildman–Crippen LogP) is 3.23. The molecule has 6 heteroatoms. The van der Waals surface area contributed by atoms with E-state index in [1.165, 1.54) is 13.2 Å². The lowest BCUT2D eigenvalue weighted by molar-refractivity contribution is -0.139. The van der Waals surface area contributed by atoms with Crippen molar-refractivity contribution in [1.29, 1.82) is 0 Å². The van der Waals surface area contributed by atoms with Gasteiger partial charge >= 0.3 is 5.97 Å². The Kier molecular flexibility index (Phi) is 5.07. The first-order valence-electron chi connectivity index (χ1n) is 8.16. The first-order chi connectivity index (χ1) is 12.1. The predicted molar refractivity (Wildman–Crippen MR) is 93.5 cm³/mol. The van der Waals surface area contributed by atoms with E-state index in [0.717, 1.165) is 12.1 Å². The van der Waals surface area contributed by atoms with Gasteiger partial charge in [0.2, 0.25) is 5.95 Å². The first-order valence-corrected chi connectivity index (χ1v) is 8.16. The number of esters is 1. The van der Waals surface area contributed by atoms with E-state index in [9.17, 15) is 9.18 Å². The quantitative estimate of drug-likeness (QED) is 0.631. The molecule has 0 saturated heterocycles. The Labute approximate surface area is 146 Å². The number of nitrogens with zero attached hydrogens (tertiary/aromatic N) is 3. The third kappa shape index (κ3) is 3.84. The number of hydrogen-bond donors (Lipinski definition) is 0. The van der Waals surface area contributed by atoms with Crippen molar-refractivity contribution in [2.45, 2.75) is 13.3 Å². The Morgan fingerprint density at radius 1 is 1.32 bits per heavy atom. The SMILES string of the molecule is COC(=O)CC1=CCN(c2ncc(-c3ccccc3F)cn2)CC1C. The molecule has 0 aliphatic carbocycles. The number of carbonyl (C=O) groups excluding carboxylic acids is 1. The third-order valence-electron chi connectivity index (χ3n) is 4.38. The maximum atomic E-state index is 13.8. The molecule has 1 atom stereocenters. The number of methoxy groups -OCH3 is 1. The van der Waals surface area contributed by atoms with Gasteiger partial charge in [-0.3, -0.25) is 4.79 Å². The Morgan fingerprint density at radius 2 is 2.04 bits per heavy atom. The summed E-state index contributed by atoms with van der Waals surface area (Å²) in [5.41, 5.74) is 2.21. The summed E-state index contributed by atoms with van der Waals surface area (Å²) in [6, 6.07) is 6.56. The van der Waals surface area contributed by atoms with Crippen molar-refractivity contribution in [1.82, 2.24) is 9.97 Å². The monoisotopic (exact) mass is 341 g/mol. The molecule has 0 fully saturated rings. The van der Waals surface area contributed by atoms with Crippen molar-refractivity contribution in [2.75, 3.05) is 25.1 Å². The van der Waals surface area contributed by atoms with Gasteiger partial charge in [0.1, 0.15) is 5.82 Å². The van der Waals surface area contributed by atoms with E-state index >= 15 is 0 Å². The van der Waals surface area contributed by atoms with E-state index in [1.807, 2.05) is 11.0 Å². The summed E-state index contributed by atoms with van der Waals surface area (Å²) in [7, 11) is 1.40. The van der Waals surface area contributed by atoms with Crippen LogP contribution in [0, 0.1) is 11.7 Å². The molecular weight excluding hydrogens is 321 g/mol. The average molecular weight is 341 g/mol. The fourth-order valence-electron chi connectivity index (χ4n) is 2.92. The highest BCUT2D eigenvalue weighted by Crippen LogP contribution is 2.25. The van der Waals surface area contributed by atoms with Crippen LogP contribution >= 0.6 is 0 Å². The minimum atomic E-state index is -0.291. The standard InChI is InChI=1S/C19H20FN3O2/c1-13-12-23(8-7-14(13)9-18(24)25-2)19-21-10-15(11-22-19)16-5-3-4-6-17(16)20/h3-7,10-11,13H,8-9,12H2,1-2H3. The van der Waals surface area contributed by atoms with Gasteiger partial charge in [-0.15, -0.1) is 0 Å². The van der Waals surface area contributed by atoms with Gasteiger partial charge < -0.3 is 9.64 Å². The van der Waals surface area contributed by atoms with Crippen LogP contribution < -0.4 is 4.90 Å². The number of ether oxygens (including phenoxy) is 1. The van der Waals surface area contributed by atoms with Crippen molar-refractivity contribution in [2.24, 2.45) is 5.92 Å². The lowest BCUT2D eigenvalue weighted by atomic mass is 9.94. The zero-order valence-corrected chi connectivity index (χ0v) is 14.3. The van der Waals surface area contributed by atoms with Crippen molar-refractivity contribution in [3.8, 4) is 11.1 Å². The zero-order valence-electron chi connectivity index (χ0n) is 14.3. The Bertz CT molecular complexity index is 790. The maximum absolute atomic E-state index is 13.8. The molecule has 0 radical (unpaired) electrons. The summed E-state index contributed by atoms with van der Waals surface area (Å²) in [4.78, 5) is 22.3. The van der Waals surface area contributed by atoms with Crippen LogP contribution in [-0.4, -0.2) is 36.1 Å². The van der Waals surface area contributed by atoms with Gasteiger partial charge in [0.25, 0.3) is 0 Å². The normalized spacial score (nSPS) is 17.2. The average Bonchev–Trinajstić information content (AvgIpc) is 2.64. The van der Waals surface area contributed by atoms with Gasteiger partial charge in [0.15, 0.2) is 0 Å². The Balaban J connectivity index is 1.73. The summed E-state index contributed by atoms with van der Waals surface area (Å²) in [6.07, 6.45) is 5.62. The molecule has 2 heterocycles. The molecule has 0 saturated carbocycles. The molecule has 1 aliphatic rings. The van der Waals surface area contributed by atoms with Crippen LogP contribution in [0.15, 0.2) is 48.3 Å². The molecule has 0 spiro atoms. The minimum absolute atomic E-state index is 0.211. The first kappa shape index (κ1) is 17.1. The van der Waals surface area contributed by atoms with Crippen LogP contribution in [0.1, 0.15) is 13.3 Å². The number of anilines is 1. The summed E-state index contributed by atoms with van der Waals surface area (Å²) < 4.78 is 18.6. The Hall–Kier alpha value is -2.76. The van der Waals surface area contributed by atoms with E-state index in [-0.39, 0.29) is 17.7 Å². The molecule has 1 aromatic heterocycles. The van der Waals surface area contributed by atoms with Crippen LogP contribution in [0.4, 0.5) is 10.3 Å². The molecular formula is C19H20FN3O2. The molecule has 0 N–H and O–H groups in total. The molecule has 2 aromatic rings. The van der Waals surface area contributed by atoms with E-state index in [1.54, 1.807) is 30.6 Å². The van der Waals surface area contributed by atoms with Crippen LogP contribution in [-0.2, 0) is 9.53 Å². The number of halogens is 1. The molecule has 1 aromatic carbocycles. The largest absolute Gasteiger partial charge is 0.469 e. The van der Waals surface area contributed by atoms with Gasteiger partial charge in [-0.1, -0.05) is 36.8 Å². The molecule has 1 aliphatic heterocycles. The minimum Gasteiger partial charge on any atom is -0.469 e. The highest BCUT2D eigenvalue weighted by Gasteiger charge is 2.22. The van der Waals surface area contributed by atoms with Gasteiger partial charge in [-0.25, -0.2) is 14.4 Å². The van der Waals surface area contributed by atoms with Crippen LogP contribution in [0.5, 0.6) is 0 Å². The molecule has 3 rings (SSSR count). The molecule has 1 unspecified atom stereocenters. The summed E-state index contributed by atoms with van der Waals surface area (Å²) in [6.45, 7) is 3.42. The second-order valence-electron chi connectivity index (χ2n) is 6.09. The summed E-state index contributed by atoms with van der Waals surface area (Å²) in [5.74, 6) is 0.292. The second-order valence-corrected chi connectivity index (χ2v) is 6.09. The van der Waals surface area contributed by atoms with Crippen LogP contribution in [0.3, 0.4) is 0 Å². The van der Waals surface area contributed by atoms with Crippen LogP contribution in [0.25, 0.3) is 11.1 Å². The van der Waals surface area contributed by atoms with Gasteiger partial charge in [0, 0.05) is 36.6 Å². The summed E-state index contributed by atoms with van der Waals surface area (Å²) in [5, 5.41) is 0. The van der Waals surface area contributed by atoms with Gasteiger partial charge in [-0.05, 0) is 12.0 Å². The van der Waals surface area contributed by atoms with Crippen molar-refractivity contribution < 1.29 is 13.9 Å². The number of carbonyl (C=O) groups is 1. The third-order valence-corrected chi connectivity index (χ3v) is 4.38. The maximum Gasteiger partial charge on any atom is 0.309 e. The Morgan fingerprint density at radius 3 is 2.68 bits per heavy atom. The van der Waals surface area contributed by atoms with Crippen molar-refractivity contribution in [3.63, 3.8) is 0 Å². The summed E-state index contributed by atoms with van der Waals surface area (Å²) >= 11 is 0. The van der Waals surface area contributed by atoms with E-state index in [4.69, 9.17) is 4.74 Å². The highest BCUT2D eigenvalue weighted by molar-refractivity contribution is 5.72. The fraction of sp³-hybridized carbons (Fsp3) is 0.316. The number of rotatable bonds is 4. The lowest BCUT2D eigenvalue weighted by Gasteiger charge is -2.30. The molecule has 130 valence electrons. The topological polar surface area (TPSA) is 55.3 Å². The lowest BCUT2D eigenvalue weighted by Crippen LogP contribution is -2.35. The molecule has 0 amide bonds. The molecule has 0 bridgehead atoms. The van der Waals surface area contributed by atoms with E-state index in [2.05, 4.69) is 16.9 Å². The zero-order chi connectivity index (χ0) is 17.8. The number of hydrogen-bond acceptors (Lipinski definition) is 5. The van der Waals surface area contributed by atoms with Gasteiger partial charge in [-0.2, -0.15) is 0 Å². The van der Waals surface area contributed by atoms with Gasteiger partial charge in [0.05, 0.1) is 13.5 Å². The second kappa shape index (κ2) is 7.42. The smallest absolute Gasteiger partial charge is 0.309 e. The number of aromatic nitrogens is 2. The van der Waals surface area contributed by atoms with E-state index in [0.29, 0.717) is 30.0 Å². The highest BCUT2D eigenvalue weighted by atomic mass is 19.1.